The largest absolute Gasteiger partial charge is 0.493 e. The summed E-state index contributed by atoms with van der Waals surface area (Å²) < 4.78 is 27.5. The Hall–Kier alpha value is -4.64. The van der Waals surface area contributed by atoms with Crippen molar-refractivity contribution in [2.45, 2.75) is 0 Å². The minimum Gasteiger partial charge on any atom is -0.493 e. The number of nitriles is 1. The highest BCUT2D eigenvalue weighted by atomic mass is 16.5. The van der Waals surface area contributed by atoms with E-state index in [9.17, 15) is 5.26 Å². The minimum absolute atomic E-state index is 0.404. The van der Waals surface area contributed by atoms with E-state index in [1.165, 1.54) is 6.20 Å². The fourth-order valence-corrected chi connectivity index (χ4v) is 3.55. The Bertz CT molecular complexity index is 1360. The Morgan fingerprint density at radius 3 is 2.12 bits per heavy atom. The molecular weight excluding hydrogens is 434 g/mol. The smallest absolute Gasteiger partial charge is 0.203 e. The molecule has 0 aliphatic carbocycles. The number of benzene rings is 3. The number of ether oxygens (including phenoxy) is 5. The molecule has 1 heterocycles. The van der Waals surface area contributed by atoms with Crippen LogP contribution < -0.4 is 29.0 Å². The zero-order chi connectivity index (χ0) is 24.1. The molecule has 0 unspecified atom stereocenters. The van der Waals surface area contributed by atoms with Crippen LogP contribution in [0, 0.1) is 11.3 Å². The second kappa shape index (κ2) is 9.88. The van der Waals surface area contributed by atoms with Crippen molar-refractivity contribution in [3.63, 3.8) is 0 Å². The number of hydrogen-bond donors (Lipinski definition) is 1. The van der Waals surface area contributed by atoms with Crippen LogP contribution in [0.25, 0.3) is 10.9 Å². The quantitative estimate of drug-likeness (QED) is 0.361. The van der Waals surface area contributed by atoms with Crippen molar-refractivity contribution in [3.8, 4) is 40.6 Å². The zero-order valence-corrected chi connectivity index (χ0v) is 19.2. The van der Waals surface area contributed by atoms with E-state index in [0.717, 1.165) is 11.1 Å². The van der Waals surface area contributed by atoms with Crippen molar-refractivity contribution in [3.05, 3.63) is 66.4 Å². The molecular formula is C26H23N3O5. The van der Waals surface area contributed by atoms with Gasteiger partial charge in [0.2, 0.25) is 5.75 Å². The van der Waals surface area contributed by atoms with E-state index in [4.69, 9.17) is 23.7 Å². The van der Waals surface area contributed by atoms with Gasteiger partial charge in [-0.25, -0.2) is 0 Å². The first-order valence-corrected chi connectivity index (χ1v) is 10.3. The molecule has 1 aromatic heterocycles. The van der Waals surface area contributed by atoms with E-state index in [0.29, 0.717) is 51.3 Å². The maximum atomic E-state index is 9.66. The summed E-state index contributed by atoms with van der Waals surface area (Å²) in [6, 6.07) is 18.6. The number of nitrogens with one attached hydrogen (secondary N) is 1. The molecule has 3 aromatic carbocycles. The highest BCUT2D eigenvalue weighted by Crippen LogP contribution is 2.40. The maximum Gasteiger partial charge on any atom is 0.203 e. The van der Waals surface area contributed by atoms with Crippen molar-refractivity contribution in [2.24, 2.45) is 0 Å². The summed E-state index contributed by atoms with van der Waals surface area (Å²) in [4.78, 5) is 4.39. The molecule has 0 aliphatic rings. The Morgan fingerprint density at radius 1 is 0.794 bits per heavy atom. The molecule has 0 saturated heterocycles. The summed E-state index contributed by atoms with van der Waals surface area (Å²) >= 11 is 0. The van der Waals surface area contributed by atoms with Gasteiger partial charge in [0.1, 0.15) is 11.8 Å². The number of methoxy groups -OCH3 is 4. The highest BCUT2D eigenvalue weighted by Gasteiger charge is 2.15. The van der Waals surface area contributed by atoms with Crippen LogP contribution in [0.4, 0.5) is 11.4 Å². The number of aromatic nitrogens is 1. The first-order valence-electron chi connectivity index (χ1n) is 10.3. The van der Waals surface area contributed by atoms with Crippen molar-refractivity contribution in [1.82, 2.24) is 4.98 Å². The van der Waals surface area contributed by atoms with Gasteiger partial charge in [0.25, 0.3) is 0 Å². The van der Waals surface area contributed by atoms with Crippen molar-refractivity contribution >= 4 is 22.3 Å². The molecule has 0 atom stereocenters. The Balaban J connectivity index is 1.65. The summed E-state index contributed by atoms with van der Waals surface area (Å²) in [5, 5.41) is 13.7. The van der Waals surface area contributed by atoms with E-state index in [-0.39, 0.29) is 0 Å². The fourth-order valence-electron chi connectivity index (χ4n) is 3.55. The van der Waals surface area contributed by atoms with Gasteiger partial charge in [-0.05, 0) is 42.5 Å². The average Bonchev–Trinajstić information content (AvgIpc) is 2.88. The predicted octanol–water partition coefficient (Wildman–Crippen LogP) is 5.68. The molecule has 0 spiro atoms. The standard InChI is InChI=1S/C26H23N3O5/c1-30-21-6-5-7-22(26(21)33-4)34-18-10-8-17(9-11-18)29-25-16(14-27)15-28-20-13-24(32-3)23(31-2)12-19(20)25/h5-13,15H,1-4H3,(H,28,29). The Morgan fingerprint density at radius 2 is 1.47 bits per heavy atom. The molecule has 34 heavy (non-hydrogen) atoms. The predicted molar refractivity (Wildman–Crippen MR) is 129 cm³/mol. The second-order valence-electron chi connectivity index (χ2n) is 7.13. The molecule has 4 rings (SSSR count). The molecule has 0 bridgehead atoms. The van der Waals surface area contributed by atoms with Gasteiger partial charge in [-0.15, -0.1) is 0 Å². The summed E-state index contributed by atoms with van der Waals surface area (Å²) in [5.41, 5.74) is 2.46. The first kappa shape index (κ1) is 22.6. The SMILES string of the molecule is COc1cc2ncc(C#N)c(Nc3ccc(Oc4cccc(OC)c4OC)cc3)c2cc1OC. The lowest BCUT2D eigenvalue weighted by molar-refractivity contribution is 0.336. The van der Waals surface area contributed by atoms with E-state index in [1.807, 2.05) is 30.3 Å². The van der Waals surface area contributed by atoms with E-state index in [2.05, 4.69) is 16.4 Å². The number of fused-ring (bicyclic) bond motifs is 1. The number of hydrogen-bond acceptors (Lipinski definition) is 8. The van der Waals surface area contributed by atoms with Gasteiger partial charge < -0.3 is 29.0 Å². The first-order chi connectivity index (χ1) is 16.6. The summed E-state index contributed by atoms with van der Waals surface area (Å²) in [7, 11) is 6.27. The molecule has 172 valence electrons. The molecule has 1 N–H and O–H groups in total. The Labute approximate surface area is 197 Å². The van der Waals surface area contributed by atoms with Crippen LogP contribution in [0.2, 0.25) is 0 Å². The Kier molecular flexibility index (Phi) is 6.55. The fraction of sp³-hybridized carbons (Fsp3) is 0.154. The number of para-hydroxylation sites is 1. The highest BCUT2D eigenvalue weighted by molar-refractivity contribution is 5.97. The van der Waals surface area contributed by atoms with Gasteiger partial charge in [0, 0.05) is 23.3 Å². The van der Waals surface area contributed by atoms with Gasteiger partial charge in [0.15, 0.2) is 23.0 Å². The number of nitrogens with zero attached hydrogens (tertiary/aromatic N) is 2. The molecule has 0 fully saturated rings. The number of anilines is 2. The number of pyridine rings is 1. The van der Waals surface area contributed by atoms with Crippen molar-refractivity contribution < 1.29 is 23.7 Å². The summed E-state index contributed by atoms with van der Waals surface area (Å²) in [6.07, 6.45) is 1.53. The van der Waals surface area contributed by atoms with Crippen LogP contribution in [-0.4, -0.2) is 33.4 Å². The van der Waals surface area contributed by atoms with Gasteiger partial charge in [-0.3, -0.25) is 4.98 Å². The van der Waals surface area contributed by atoms with Crippen molar-refractivity contribution in [2.75, 3.05) is 33.8 Å². The lowest BCUT2D eigenvalue weighted by atomic mass is 10.1. The van der Waals surface area contributed by atoms with Crippen LogP contribution in [0.3, 0.4) is 0 Å². The monoisotopic (exact) mass is 457 g/mol. The van der Waals surface area contributed by atoms with Gasteiger partial charge in [-0.2, -0.15) is 5.26 Å². The molecule has 0 radical (unpaired) electrons. The van der Waals surface area contributed by atoms with E-state index < -0.39 is 0 Å². The molecule has 0 saturated carbocycles. The summed E-state index contributed by atoms with van der Waals surface area (Å²) in [6.45, 7) is 0. The summed E-state index contributed by atoms with van der Waals surface area (Å²) in [5.74, 6) is 3.36. The second-order valence-corrected chi connectivity index (χ2v) is 7.13. The lowest BCUT2D eigenvalue weighted by Gasteiger charge is -2.15. The zero-order valence-electron chi connectivity index (χ0n) is 19.2. The van der Waals surface area contributed by atoms with Gasteiger partial charge >= 0.3 is 0 Å². The maximum absolute atomic E-state index is 9.66. The van der Waals surface area contributed by atoms with Crippen LogP contribution in [0.5, 0.6) is 34.5 Å². The van der Waals surface area contributed by atoms with Crippen LogP contribution >= 0.6 is 0 Å². The van der Waals surface area contributed by atoms with Gasteiger partial charge in [-0.1, -0.05) is 6.07 Å². The third kappa shape index (κ3) is 4.32. The van der Waals surface area contributed by atoms with Gasteiger partial charge in [0.05, 0.1) is 45.2 Å². The lowest BCUT2D eigenvalue weighted by Crippen LogP contribution is -1.99. The van der Waals surface area contributed by atoms with Crippen LogP contribution in [-0.2, 0) is 0 Å². The normalized spacial score (nSPS) is 10.3. The molecule has 0 amide bonds. The molecule has 0 aliphatic heterocycles. The van der Waals surface area contributed by atoms with Crippen molar-refractivity contribution in [1.29, 1.82) is 5.26 Å². The molecule has 8 heteroatoms. The van der Waals surface area contributed by atoms with Crippen LogP contribution in [0.1, 0.15) is 5.56 Å². The topological polar surface area (TPSA) is 94.9 Å². The molecule has 8 nitrogen and oxygen atoms in total. The van der Waals surface area contributed by atoms with E-state index in [1.54, 1.807) is 52.7 Å². The van der Waals surface area contributed by atoms with E-state index >= 15 is 0 Å². The third-order valence-corrected chi connectivity index (χ3v) is 5.21. The average molecular weight is 457 g/mol. The number of rotatable bonds is 8. The van der Waals surface area contributed by atoms with Crippen LogP contribution in [0.15, 0.2) is 60.8 Å². The minimum atomic E-state index is 0.404. The third-order valence-electron chi connectivity index (χ3n) is 5.21. The molecule has 4 aromatic rings.